The van der Waals surface area contributed by atoms with E-state index in [4.69, 9.17) is 19.4 Å². The van der Waals surface area contributed by atoms with Crippen molar-refractivity contribution in [1.82, 2.24) is 5.48 Å². The Morgan fingerprint density at radius 3 is 2.36 bits per heavy atom. The zero-order chi connectivity index (χ0) is 23.9. The van der Waals surface area contributed by atoms with E-state index in [9.17, 15) is 13.2 Å². The van der Waals surface area contributed by atoms with Crippen LogP contribution >= 0.6 is 0 Å². The summed E-state index contributed by atoms with van der Waals surface area (Å²) >= 11 is 0. The van der Waals surface area contributed by atoms with Gasteiger partial charge in [0.2, 0.25) is 0 Å². The van der Waals surface area contributed by atoms with Gasteiger partial charge in [0, 0.05) is 13.2 Å². The van der Waals surface area contributed by atoms with Gasteiger partial charge in [0.1, 0.15) is 11.5 Å². The molecular weight excluding hydrogens is 446 g/mol. The van der Waals surface area contributed by atoms with E-state index in [0.717, 1.165) is 25.0 Å². The second kappa shape index (κ2) is 11.0. The molecule has 9 heteroatoms. The van der Waals surface area contributed by atoms with E-state index in [2.05, 4.69) is 13.0 Å². The maximum atomic E-state index is 13.3. The number of aryl methyl sites for hydroxylation is 2. The second-order valence-corrected chi connectivity index (χ2v) is 10.3. The highest BCUT2D eigenvalue weighted by atomic mass is 32.2. The molecule has 0 aliphatic carbocycles. The van der Waals surface area contributed by atoms with E-state index >= 15 is 0 Å². The van der Waals surface area contributed by atoms with Crippen molar-refractivity contribution in [2.45, 2.75) is 48.7 Å². The lowest BCUT2D eigenvalue weighted by molar-refractivity contribution is -0.134. The van der Waals surface area contributed by atoms with Gasteiger partial charge < -0.3 is 14.2 Å². The summed E-state index contributed by atoms with van der Waals surface area (Å²) in [6.45, 7) is 2.83. The lowest BCUT2D eigenvalue weighted by Gasteiger charge is -2.34. The first kappa shape index (κ1) is 25.0. The summed E-state index contributed by atoms with van der Waals surface area (Å²) in [5.74, 6) is 0.454. The molecule has 0 bridgehead atoms. The number of benzene rings is 2. The molecule has 2 N–H and O–H groups in total. The third-order valence-corrected chi connectivity index (χ3v) is 8.53. The van der Waals surface area contributed by atoms with Crippen LogP contribution in [0, 0.1) is 0 Å². The molecule has 1 amide bonds. The highest BCUT2D eigenvalue weighted by Crippen LogP contribution is 2.35. The quantitative estimate of drug-likeness (QED) is 0.307. The van der Waals surface area contributed by atoms with Crippen molar-refractivity contribution < 1.29 is 32.6 Å². The van der Waals surface area contributed by atoms with Crippen molar-refractivity contribution in [3.05, 3.63) is 53.6 Å². The Balaban J connectivity index is 1.63. The van der Waals surface area contributed by atoms with Gasteiger partial charge in [-0.2, -0.15) is 0 Å². The molecule has 0 spiro atoms. The van der Waals surface area contributed by atoms with Crippen molar-refractivity contribution in [2.24, 2.45) is 0 Å². The maximum Gasteiger partial charge on any atom is 0.265 e. The first-order valence-corrected chi connectivity index (χ1v) is 12.5. The Hall–Kier alpha value is -2.62. The minimum absolute atomic E-state index is 0.00354. The Morgan fingerprint density at radius 1 is 1.09 bits per heavy atom. The summed E-state index contributed by atoms with van der Waals surface area (Å²) in [7, 11) is -2.39. The molecule has 0 saturated carbocycles. The minimum atomic E-state index is -4.05. The van der Waals surface area contributed by atoms with E-state index in [0.29, 0.717) is 12.4 Å². The normalized spacial score (nSPS) is 15.6. The zero-order valence-electron chi connectivity index (χ0n) is 19.0. The number of carbonyl (C=O) groups is 1. The number of methoxy groups -OCH3 is 1. The number of carbonyl (C=O) groups excluding carboxylic acids is 1. The lowest BCUT2D eigenvalue weighted by atomic mass is 9.98. The summed E-state index contributed by atoms with van der Waals surface area (Å²) in [4.78, 5) is 12.3. The highest BCUT2D eigenvalue weighted by Gasteiger charge is 2.52. The number of amides is 1. The molecule has 1 aliphatic heterocycles. The Labute approximate surface area is 194 Å². The van der Waals surface area contributed by atoms with Crippen molar-refractivity contribution in [1.29, 1.82) is 0 Å². The fraction of sp³-hybridized carbons (Fsp3) is 0.458. The van der Waals surface area contributed by atoms with Crippen LogP contribution in [0.4, 0.5) is 0 Å². The van der Waals surface area contributed by atoms with Gasteiger partial charge in [-0.15, -0.1) is 0 Å². The second-order valence-electron chi connectivity index (χ2n) is 8.02. The molecule has 2 aromatic carbocycles. The van der Waals surface area contributed by atoms with Crippen LogP contribution in [-0.4, -0.2) is 51.2 Å². The van der Waals surface area contributed by atoms with Gasteiger partial charge >= 0.3 is 0 Å². The summed E-state index contributed by atoms with van der Waals surface area (Å²) in [5, 5.41) is 9.14. The number of ether oxygens (including phenoxy) is 3. The van der Waals surface area contributed by atoms with E-state index in [1.165, 1.54) is 28.7 Å². The van der Waals surface area contributed by atoms with Gasteiger partial charge in [0.25, 0.3) is 5.91 Å². The standard InChI is InChI=1S/C24H31NO7S/c1-3-18-15-19(17-21(16-18)30-2)5-4-12-32-20-6-8-22(9-7-20)33(28,29)24(23(26)25-27)10-13-31-14-11-24/h6-9,15-17,27H,3-5,10-14H2,1-2H3,(H,25,26). The predicted molar refractivity (Wildman–Crippen MR) is 123 cm³/mol. The first-order valence-electron chi connectivity index (χ1n) is 11.0. The van der Waals surface area contributed by atoms with Gasteiger partial charge in [-0.25, -0.2) is 13.9 Å². The minimum Gasteiger partial charge on any atom is -0.497 e. The molecule has 0 atom stereocenters. The number of nitrogens with one attached hydrogen (secondary N) is 1. The summed E-state index contributed by atoms with van der Waals surface area (Å²) in [6.07, 6.45) is 2.51. The lowest BCUT2D eigenvalue weighted by Crippen LogP contribution is -2.54. The average Bonchev–Trinajstić information content (AvgIpc) is 2.86. The van der Waals surface area contributed by atoms with Gasteiger partial charge in [-0.3, -0.25) is 10.0 Å². The molecule has 33 heavy (non-hydrogen) atoms. The third-order valence-electron chi connectivity index (χ3n) is 6.01. The molecule has 3 rings (SSSR count). The smallest absolute Gasteiger partial charge is 0.265 e. The van der Waals surface area contributed by atoms with Gasteiger partial charge in [0.05, 0.1) is 18.6 Å². The fourth-order valence-electron chi connectivity index (χ4n) is 4.02. The van der Waals surface area contributed by atoms with E-state index < -0.39 is 20.5 Å². The Morgan fingerprint density at radius 2 is 1.76 bits per heavy atom. The third kappa shape index (κ3) is 5.48. The predicted octanol–water partition coefficient (Wildman–Crippen LogP) is 3.10. The Bertz CT molecular complexity index is 1020. The molecule has 1 heterocycles. The van der Waals surface area contributed by atoms with Gasteiger partial charge in [-0.05, 0) is 79.6 Å². The van der Waals surface area contributed by atoms with Crippen LogP contribution in [0.5, 0.6) is 11.5 Å². The van der Waals surface area contributed by atoms with E-state index in [-0.39, 0.29) is 31.0 Å². The number of hydrogen-bond acceptors (Lipinski definition) is 7. The Kier molecular flexibility index (Phi) is 8.34. The van der Waals surface area contributed by atoms with Crippen LogP contribution in [0.1, 0.15) is 37.3 Å². The molecule has 1 saturated heterocycles. The van der Waals surface area contributed by atoms with Crippen LogP contribution in [0.3, 0.4) is 0 Å². The monoisotopic (exact) mass is 477 g/mol. The van der Waals surface area contributed by atoms with Gasteiger partial charge in [0.15, 0.2) is 14.6 Å². The van der Waals surface area contributed by atoms with Crippen LogP contribution in [0.2, 0.25) is 0 Å². The molecule has 1 aliphatic rings. The molecule has 0 radical (unpaired) electrons. The molecule has 2 aromatic rings. The summed E-state index contributed by atoms with van der Waals surface area (Å²) in [5.41, 5.74) is 3.92. The van der Waals surface area contributed by atoms with Crippen LogP contribution in [0.25, 0.3) is 0 Å². The fourth-order valence-corrected chi connectivity index (χ4v) is 5.96. The van der Waals surface area contributed by atoms with E-state index in [1.807, 2.05) is 12.1 Å². The largest absolute Gasteiger partial charge is 0.497 e. The number of hydroxylamine groups is 1. The van der Waals surface area contributed by atoms with Crippen molar-refractivity contribution >= 4 is 15.7 Å². The number of sulfone groups is 1. The number of rotatable bonds is 10. The zero-order valence-corrected chi connectivity index (χ0v) is 19.8. The molecule has 180 valence electrons. The summed E-state index contributed by atoms with van der Waals surface area (Å²) in [6, 6.07) is 12.2. The summed E-state index contributed by atoms with van der Waals surface area (Å²) < 4.78 is 41.1. The van der Waals surface area contributed by atoms with E-state index in [1.54, 1.807) is 19.2 Å². The first-order chi connectivity index (χ1) is 15.9. The maximum absolute atomic E-state index is 13.3. The van der Waals surface area contributed by atoms with Gasteiger partial charge in [-0.1, -0.05) is 13.0 Å². The molecule has 8 nitrogen and oxygen atoms in total. The highest BCUT2D eigenvalue weighted by molar-refractivity contribution is 7.93. The molecule has 0 unspecified atom stereocenters. The van der Waals surface area contributed by atoms with Crippen molar-refractivity contribution in [2.75, 3.05) is 26.9 Å². The molecule has 1 fully saturated rings. The van der Waals surface area contributed by atoms with Crippen molar-refractivity contribution in [3.8, 4) is 11.5 Å². The SMILES string of the molecule is CCc1cc(CCCOc2ccc(S(=O)(=O)C3(C(=O)NO)CCOCC3)cc2)cc(OC)c1. The van der Waals surface area contributed by atoms with Crippen LogP contribution in [-0.2, 0) is 32.2 Å². The number of hydrogen-bond donors (Lipinski definition) is 2. The van der Waals surface area contributed by atoms with Crippen molar-refractivity contribution in [3.63, 3.8) is 0 Å². The molecule has 0 aromatic heterocycles. The molecular formula is C24H31NO7S. The van der Waals surface area contributed by atoms with Crippen LogP contribution in [0.15, 0.2) is 47.4 Å². The van der Waals surface area contributed by atoms with Crippen LogP contribution < -0.4 is 15.0 Å². The average molecular weight is 478 g/mol. The topological polar surface area (TPSA) is 111 Å².